The van der Waals surface area contributed by atoms with Gasteiger partial charge in [-0.15, -0.1) is 0 Å². The molecule has 0 saturated heterocycles. The van der Waals surface area contributed by atoms with Gasteiger partial charge >= 0.3 is 11.9 Å². The molecule has 0 atom stereocenters. The number of esters is 2. The number of anilines is 1. The van der Waals surface area contributed by atoms with Gasteiger partial charge in [-0.2, -0.15) is 0 Å². The number of rotatable bonds is 2. The van der Waals surface area contributed by atoms with Crippen molar-refractivity contribution >= 4 is 17.6 Å². The number of ether oxygens (including phenoxy) is 3. The number of benzene rings is 1. The van der Waals surface area contributed by atoms with Crippen molar-refractivity contribution in [3.63, 3.8) is 0 Å². The second-order valence-electron chi connectivity index (χ2n) is 5.85. The van der Waals surface area contributed by atoms with E-state index in [1.165, 1.54) is 14.2 Å². The SMILES string of the molecule is COC(=O)c1c2c(c3c(c1C(=O)OC)OCCN3C)CCCC2. The molecular weight excluding hydrogens is 298 g/mol. The molecule has 0 radical (unpaired) electrons. The second-order valence-corrected chi connectivity index (χ2v) is 5.85. The van der Waals surface area contributed by atoms with E-state index in [1.54, 1.807) is 0 Å². The number of nitrogens with zero attached hydrogens (tertiary/aromatic N) is 1. The van der Waals surface area contributed by atoms with Crippen LogP contribution in [0.1, 0.15) is 44.7 Å². The van der Waals surface area contributed by atoms with E-state index in [-0.39, 0.29) is 5.56 Å². The van der Waals surface area contributed by atoms with Crippen LogP contribution < -0.4 is 9.64 Å². The highest BCUT2D eigenvalue weighted by Gasteiger charge is 2.36. The summed E-state index contributed by atoms with van der Waals surface area (Å²) in [5.41, 5.74) is 3.42. The fraction of sp³-hybridized carbons (Fsp3) is 0.529. The highest BCUT2D eigenvalue weighted by molar-refractivity contribution is 6.08. The Hall–Kier alpha value is -2.24. The molecule has 0 saturated carbocycles. The minimum atomic E-state index is -0.565. The van der Waals surface area contributed by atoms with Crippen molar-refractivity contribution in [2.75, 3.05) is 39.3 Å². The van der Waals surface area contributed by atoms with Crippen LogP contribution in [0, 0.1) is 0 Å². The Morgan fingerprint density at radius 1 is 1.00 bits per heavy atom. The number of hydrogen-bond donors (Lipinski definition) is 0. The molecule has 1 aliphatic carbocycles. The predicted octanol–water partition coefficient (Wildman–Crippen LogP) is 1.97. The Morgan fingerprint density at radius 2 is 1.61 bits per heavy atom. The van der Waals surface area contributed by atoms with Crippen LogP contribution in [0.4, 0.5) is 5.69 Å². The fourth-order valence-corrected chi connectivity index (χ4v) is 3.53. The lowest BCUT2D eigenvalue weighted by Crippen LogP contribution is -2.33. The number of methoxy groups -OCH3 is 2. The van der Waals surface area contributed by atoms with Crippen LogP contribution in [-0.2, 0) is 22.3 Å². The maximum absolute atomic E-state index is 12.4. The van der Waals surface area contributed by atoms with Gasteiger partial charge in [-0.1, -0.05) is 0 Å². The van der Waals surface area contributed by atoms with Crippen LogP contribution in [0.3, 0.4) is 0 Å². The minimum absolute atomic E-state index is 0.196. The van der Waals surface area contributed by atoms with Gasteiger partial charge in [0.2, 0.25) is 0 Å². The third-order valence-corrected chi connectivity index (χ3v) is 4.58. The molecule has 0 aromatic heterocycles. The molecule has 6 nitrogen and oxygen atoms in total. The molecule has 1 aromatic carbocycles. The van der Waals surface area contributed by atoms with Crippen molar-refractivity contribution in [1.29, 1.82) is 0 Å². The number of carbonyl (C=O) groups excluding carboxylic acids is 2. The standard InChI is InChI=1S/C17H21NO5/c1-18-8-9-23-15-13(17(20)22-3)12(16(19)21-2)10-6-4-5-7-11(10)14(15)18/h4-9H2,1-3H3. The number of likely N-dealkylation sites (N-methyl/N-ethyl adjacent to an activating group) is 1. The van der Waals surface area contributed by atoms with Gasteiger partial charge in [0.05, 0.1) is 32.0 Å². The molecule has 0 unspecified atom stereocenters. The van der Waals surface area contributed by atoms with E-state index < -0.39 is 11.9 Å². The monoisotopic (exact) mass is 319 g/mol. The molecule has 0 fully saturated rings. The Kier molecular flexibility index (Phi) is 4.15. The molecular formula is C17H21NO5. The summed E-state index contributed by atoms with van der Waals surface area (Å²) in [7, 11) is 4.61. The molecule has 6 heteroatoms. The normalized spacial score (nSPS) is 16.0. The molecule has 0 amide bonds. The Labute approximate surface area is 135 Å². The number of hydrogen-bond acceptors (Lipinski definition) is 6. The van der Waals surface area contributed by atoms with Gasteiger partial charge < -0.3 is 19.1 Å². The first kappa shape index (κ1) is 15.6. The van der Waals surface area contributed by atoms with Crippen molar-refractivity contribution in [1.82, 2.24) is 0 Å². The van der Waals surface area contributed by atoms with Gasteiger partial charge in [0.15, 0.2) is 5.75 Å². The molecule has 23 heavy (non-hydrogen) atoms. The Balaban J connectivity index is 2.38. The summed E-state index contributed by atoms with van der Waals surface area (Å²) >= 11 is 0. The Morgan fingerprint density at radius 3 is 2.26 bits per heavy atom. The van der Waals surface area contributed by atoms with Crippen LogP contribution in [0.2, 0.25) is 0 Å². The maximum Gasteiger partial charge on any atom is 0.342 e. The van der Waals surface area contributed by atoms with Gasteiger partial charge in [-0.05, 0) is 36.8 Å². The topological polar surface area (TPSA) is 65.1 Å². The molecule has 1 aromatic rings. The molecule has 0 spiro atoms. The lowest BCUT2D eigenvalue weighted by molar-refractivity contribution is 0.0549. The van der Waals surface area contributed by atoms with Crippen LogP contribution in [0.15, 0.2) is 0 Å². The van der Waals surface area contributed by atoms with Gasteiger partial charge in [0, 0.05) is 7.05 Å². The number of carbonyl (C=O) groups is 2. The van der Waals surface area contributed by atoms with E-state index in [9.17, 15) is 9.59 Å². The summed E-state index contributed by atoms with van der Waals surface area (Å²) in [6.07, 6.45) is 3.67. The van der Waals surface area contributed by atoms with Crippen molar-refractivity contribution in [3.05, 3.63) is 22.3 Å². The molecule has 1 aliphatic heterocycles. The average molecular weight is 319 g/mol. The first-order valence-corrected chi connectivity index (χ1v) is 7.82. The van der Waals surface area contributed by atoms with E-state index in [1.807, 2.05) is 7.05 Å². The zero-order valence-electron chi connectivity index (χ0n) is 13.7. The van der Waals surface area contributed by atoms with E-state index in [0.29, 0.717) is 17.9 Å². The van der Waals surface area contributed by atoms with E-state index in [4.69, 9.17) is 14.2 Å². The van der Waals surface area contributed by atoms with Gasteiger partial charge in [0.25, 0.3) is 0 Å². The maximum atomic E-state index is 12.4. The van der Waals surface area contributed by atoms with Gasteiger partial charge in [-0.3, -0.25) is 0 Å². The van der Waals surface area contributed by atoms with Crippen molar-refractivity contribution in [2.45, 2.75) is 25.7 Å². The summed E-state index contributed by atoms with van der Waals surface area (Å²) in [6, 6.07) is 0. The number of fused-ring (bicyclic) bond motifs is 3. The molecule has 3 rings (SSSR count). The zero-order chi connectivity index (χ0) is 16.6. The van der Waals surface area contributed by atoms with Crippen LogP contribution in [0.25, 0.3) is 0 Å². The van der Waals surface area contributed by atoms with E-state index in [0.717, 1.165) is 49.0 Å². The van der Waals surface area contributed by atoms with Crippen molar-refractivity contribution in [2.24, 2.45) is 0 Å². The highest BCUT2D eigenvalue weighted by Crippen LogP contribution is 2.45. The fourth-order valence-electron chi connectivity index (χ4n) is 3.53. The van der Waals surface area contributed by atoms with E-state index >= 15 is 0 Å². The molecule has 124 valence electrons. The molecule has 0 bridgehead atoms. The first-order valence-electron chi connectivity index (χ1n) is 7.82. The Bertz CT molecular complexity index is 668. The summed E-state index contributed by atoms with van der Waals surface area (Å²) in [5, 5.41) is 0. The zero-order valence-corrected chi connectivity index (χ0v) is 13.7. The third kappa shape index (κ3) is 2.42. The second kappa shape index (κ2) is 6.10. The largest absolute Gasteiger partial charge is 0.489 e. The molecule has 0 N–H and O–H groups in total. The first-order chi connectivity index (χ1) is 11.1. The lowest BCUT2D eigenvalue weighted by atomic mass is 9.83. The van der Waals surface area contributed by atoms with Crippen LogP contribution in [-0.4, -0.2) is 46.4 Å². The summed E-state index contributed by atoms with van der Waals surface area (Å²) in [5.74, 6) is -0.625. The van der Waals surface area contributed by atoms with Gasteiger partial charge in [0.1, 0.15) is 12.2 Å². The smallest absolute Gasteiger partial charge is 0.342 e. The van der Waals surface area contributed by atoms with Crippen LogP contribution >= 0.6 is 0 Å². The summed E-state index contributed by atoms with van der Waals surface area (Å²) in [6.45, 7) is 1.21. The average Bonchev–Trinajstić information content (AvgIpc) is 2.59. The van der Waals surface area contributed by atoms with Crippen molar-refractivity contribution < 1.29 is 23.8 Å². The summed E-state index contributed by atoms with van der Waals surface area (Å²) < 4.78 is 15.7. The molecule has 1 heterocycles. The van der Waals surface area contributed by atoms with Gasteiger partial charge in [-0.25, -0.2) is 9.59 Å². The summed E-state index contributed by atoms with van der Waals surface area (Å²) in [4.78, 5) is 26.9. The third-order valence-electron chi connectivity index (χ3n) is 4.58. The minimum Gasteiger partial charge on any atom is -0.489 e. The highest BCUT2D eigenvalue weighted by atomic mass is 16.5. The quantitative estimate of drug-likeness (QED) is 0.777. The van der Waals surface area contributed by atoms with E-state index in [2.05, 4.69) is 4.90 Å². The van der Waals surface area contributed by atoms with Crippen molar-refractivity contribution in [3.8, 4) is 5.75 Å². The molecule has 2 aliphatic rings. The predicted molar refractivity (Wildman–Crippen MR) is 84.5 cm³/mol. The van der Waals surface area contributed by atoms with Crippen LogP contribution in [0.5, 0.6) is 5.75 Å². The lowest BCUT2D eigenvalue weighted by Gasteiger charge is -2.35.